The molecule has 196 valence electrons. The average Bonchev–Trinajstić information content (AvgIpc) is 3.51. The number of fused-ring (bicyclic) bond motifs is 1. The molecule has 4 rings (SSSR count). The minimum Gasteiger partial charge on any atom is -0.382 e. The van der Waals surface area contributed by atoms with Crippen molar-refractivity contribution < 1.29 is 23.3 Å². The number of nitrogens with one attached hydrogen (secondary N) is 1. The van der Waals surface area contributed by atoms with Crippen molar-refractivity contribution in [3.05, 3.63) is 60.0 Å². The Balaban J connectivity index is 1.58. The van der Waals surface area contributed by atoms with Crippen molar-refractivity contribution in [3.63, 3.8) is 0 Å². The molecule has 1 aliphatic rings. The molecule has 11 nitrogen and oxygen atoms in total. The molecule has 3 heterocycles. The Morgan fingerprint density at radius 3 is 2.78 bits per heavy atom. The molecule has 1 aliphatic heterocycles. The molecular formula is C24H29N6O5PS. The topological polar surface area (TPSA) is 114 Å². The lowest BCUT2D eigenvalue weighted by Gasteiger charge is -2.26. The number of aromatic nitrogens is 4. The van der Waals surface area contributed by atoms with Crippen LogP contribution in [0.3, 0.4) is 0 Å². The van der Waals surface area contributed by atoms with Gasteiger partial charge >= 0.3 is 0 Å². The summed E-state index contributed by atoms with van der Waals surface area (Å²) in [5.74, 6) is 0.0665. The minimum absolute atomic E-state index is 0.144. The lowest BCUT2D eigenvalue weighted by atomic mass is 10.1. The van der Waals surface area contributed by atoms with Crippen LogP contribution in [-0.4, -0.2) is 76.4 Å². The number of thioether (sulfide) groups is 1. The lowest BCUT2D eigenvalue weighted by molar-refractivity contribution is -0.0429. The van der Waals surface area contributed by atoms with E-state index in [9.17, 15) is 4.79 Å². The first-order chi connectivity index (χ1) is 18.2. The maximum atomic E-state index is 12.7. The fourth-order valence-electron chi connectivity index (χ4n) is 3.97. The van der Waals surface area contributed by atoms with E-state index in [4.69, 9.17) is 25.1 Å². The molecule has 1 saturated heterocycles. The Morgan fingerprint density at radius 1 is 1.19 bits per heavy atom. The quantitative estimate of drug-likeness (QED) is 0.194. The smallest absolute Gasteiger partial charge is 0.256 e. The Kier molecular flexibility index (Phi) is 10.2. The van der Waals surface area contributed by atoms with Crippen LogP contribution in [0.1, 0.15) is 29.1 Å². The Morgan fingerprint density at radius 2 is 2.03 bits per heavy atom. The van der Waals surface area contributed by atoms with Gasteiger partial charge in [-0.3, -0.25) is 9.36 Å². The van der Waals surface area contributed by atoms with Crippen molar-refractivity contribution in [2.45, 2.75) is 36.2 Å². The first-order valence-corrected chi connectivity index (χ1v) is 13.6. The van der Waals surface area contributed by atoms with Crippen LogP contribution in [0.25, 0.3) is 16.0 Å². The van der Waals surface area contributed by atoms with Gasteiger partial charge in [-0.2, -0.15) is 0 Å². The van der Waals surface area contributed by atoms with E-state index in [2.05, 4.69) is 32.0 Å². The summed E-state index contributed by atoms with van der Waals surface area (Å²) in [5.41, 5.74) is 1.60. The predicted molar refractivity (Wildman–Crippen MR) is 143 cm³/mol. The Labute approximate surface area is 221 Å². The van der Waals surface area contributed by atoms with Gasteiger partial charge in [0.05, 0.1) is 19.5 Å². The molecule has 5 atom stereocenters. The van der Waals surface area contributed by atoms with Crippen LogP contribution in [0, 0.1) is 6.57 Å². The number of benzene rings is 1. The molecule has 1 aromatic carbocycles. The third-order valence-electron chi connectivity index (χ3n) is 5.73. The molecule has 2 unspecified atom stereocenters. The second-order valence-corrected chi connectivity index (χ2v) is 10.1. The van der Waals surface area contributed by atoms with Crippen molar-refractivity contribution in [3.8, 4) is 0 Å². The van der Waals surface area contributed by atoms with Crippen LogP contribution in [0.2, 0.25) is 0 Å². The number of rotatable bonds is 13. The molecule has 13 heteroatoms. The Bertz CT molecular complexity index is 1210. The van der Waals surface area contributed by atoms with E-state index in [0.717, 1.165) is 6.42 Å². The van der Waals surface area contributed by atoms with Gasteiger partial charge in [0.25, 0.3) is 5.91 Å². The zero-order valence-electron chi connectivity index (χ0n) is 20.6. The molecule has 0 aliphatic carbocycles. The summed E-state index contributed by atoms with van der Waals surface area (Å²) in [6.45, 7) is 10.5. The summed E-state index contributed by atoms with van der Waals surface area (Å²) >= 11 is 1.73. The fraction of sp³-hybridized carbons (Fsp3) is 0.458. The summed E-state index contributed by atoms with van der Waals surface area (Å²) < 4.78 is 25.1. The normalized spacial score (nSPS) is 21.5. The van der Waals surface area contributed by atoms with Crippen LogP contribution >= 0.6 is 20.8 Å². The molecule has 3 aromatic rings. The van der Waals surface area contributed by atoms with Crippen LogP contribution < -0.4 is 5.32 Å². The molecule has 37 heavy (non-hydrogen) atoms. The number of imidazole rings is 1. The molecule has 0 radical (unpaired) electrons. The van der Waals surface area contributed by atoms with E-state index < -0.39 is 0 Å². The third-order valence-corrected chi connectivity index (χ3v) is 8.15. The molecule has 2 aromatic heterocycles. The van der Waals surface area contributed by atoms with Crippen LogP contribution in [0.4, 0.5) is 5.82 Å². The highest BCUT2D eigenvalue weighted by atomic mass is 32.2. The van der Waals surface area contributed by atoms with Crippen molar-refractivity contribution in [2.75, 3.05) is 38.8 Å². The first kappa shape index (κ1) is 27.4. The van der Waals surface area contributed by atoms with Gasteiger partial charge in [0, 0.05) is 17.9 Å². The molecule has 0 bridgehead atoms. The zero-order chi connectivity index (χ0) is 26.0. The van der Waals surface area contributed by atoms with Crippen molar-refractivity contribution in [2.24, 2.45) is 0 Å². The van der Waals surface area contributed by atoms with E-state index in [1.165, 1.54) is 6.33 Å². The molecular weight excluding hydrogens is 515 g/mol. The molecule has 1 amide bonds. The van der Waals surface area contributed by atoms with Crippen LogP contribution in [-0.2, 0) is 18.5 Å². The number of amides is 1. The second kappa shape index (κ2) is 13.8. The first-order valence-electron chi connectivity index (χ1n) is 11.8. The van der Waals surface area contributed by atoms with Gasteiger partial charge in [0.1, 0.15) is 30.5 Å². The largest absolute Gasteiger partial charge is 0.382 e. The van der Waals surface area contributed by atoms with E-state index in [-0.39, 0.29) is 37.8 Å². The summed E-state index contributed by atoms with van der Waals surface area (Å²) in [4.78, 5) is 29.3. The van der Waals surface area contributed by atoms with Crippen molar-refractivity contribution >= 4 is 43.7 Å². The highest BCUT2D eigenvalue weighted by Crippen LogP contribution is 2.48. The van der Waals surface area contributed by atoms with E-state index >= 15 is 0 Å². The number of methoxy groups -OCH3 is 1. The van der Waals surface area contributed by atoms with Crippen molar-refractivity contribution in [1.29, 1.82) is 0 Å². The van der Waals surface area contributed by atoms with Crippen LogP contribution in [0.15, 0.2) is 43.0 Å². The van der Waals surface area contributed by atoms with E-state index in [1.54, 1.807) is 49.5 Å². The monoisotopic (exact) mass is 544 g/mol. The van der Waals surface area contributed by atoms with Gasteiger partial charge in [-0.25, -0.2) is 21.5 Å². The van der Waals surface area contributed by atoms with Gasteiger partial charge in [0.15, 0.2) is 26.0 Å². The SMILES string of the molecule is [C-]#[N+]CCOPO[C@@H]1C(OCCOC)[C@H](n2cnc3c(NC(=O)c4ccccc4)ncnc32)S[C@@H]1CC. The number of hydrogen-bond donors (Lipinski definition) is 1. The van der Waals surface area contributed by atoms with Gasteiger partial charge in [-0.15, -0.1) is 11.8 Å². The fourth-order valence-corrected chi connectivity index (χ4v) is 6.31. The molecule has 0 spiro atoms. The van der Waals surface area contributed by atoms with Gasteiger partial charge < -0.3 is 28.7 Å². The number of nitrogens with zero attached hydrogens (tertiary/aromatic N) is 5. The second-order valence-electron chi connectivity index (χ2n) is 8.06. The summed E-state index contributed by atoms with van der Waals surface area (Å²) in [6, 6.07) is 8.94. The molecule has 0 saturated carbocycles. The van der Waals surface area contributed by atoms with Gasteiger partial charge in [0.2, 0.25) is 6.54 Å². The zero-order valence-corrected chi connectivity index (χ0v) is 22.4. The molecule has 1 N–H and O–H groups in total. The summed E-state index contributed by atoms with van der Waals surface area (Å²) in [7, 11) is 1.44. The van der Waals surface area contributed by atoms with Gasteiger partial charge in [-0.1, -0.05) is 25.1 Å². The summed E-state index contributed by atoms with van der Waals surface area (Å²) in [6.07, 6.45) is 3.42. The maximum absolute atomic E-state index is 12.7. The van der Waals surface area contributed by atoms with E-state index in [1.807, 2.05) is 10.6 Å². The Hall–Kier alpha value is -2.65. The average molecular weight is 545 g/mol. The number of hydrogen-bond acceptors (Lipinski definition) is 9. The minimum atomic E-state index is -0.322. The van der Waals surface area contributed by atoms with Gasteiger partial charge in [-0.05, 0) is 18.6 Å². The standard InChI is InChI=1S/C24H29N6O5PS/c1-4-17-19(35-36-34-11-10-25-2)20(33-13-12-32-3)24(37-17)30-15-28-18-21(26-14-27-22(18)30)29-23(31)16-8-6-5-7-9-16/h5-9,14-15,17,19-20,24,36H,4,10-13H2,1,3H3,(H,26,27,29,31)/t17-,19+,20?,24-/m1/s1. The summed E-state index contributed by atoms with van der Waals surface area (Å²) in [5, 5.41) is 2.81. The number of anilines is 1. The van der Waals surface area contributed by atoms with Crippen LogP contribution in [0.5, 0.6) is 0 Å². The lowest BCUT2D eigenvalue weighted by Crippen LogP contribution is -2.35. The maximum Gasteiger partial charge on any atom is 0.256 e. The predicted octanol–water partition coefficient (Wildman–Crippen LogP) is 3.96. The highest BCUT2D eigenvalue weighted by molar-refractivity contribution is 8.00. The highest BCUT2D eigenvalue weighted by Gasteiger charge is 2.46. The number of ether oxygens (including phenoxy) is 2. The number of carbonyl (C=O) groups excluding carboxylic acids is 1. The van der Waals surface area contributed by atoms with E-state index in [0.29, 0.717) is 48.9 Å². The molecule has 1 fully saturated rings. The third kappa shape index (κ3) is 6.62. The van der Waals surface area contributed by atoms with Crippen molar-refractivity contribution in [1.82, 2.24) is 19.5 Å². The number of carbonyl (C=O) groups is 1.